The average molecular weight is 863 g/mol. The number of para-hydroxylation sites is 4. The third kappa shape index (κ3) is 6.45. The molecule has 2 aliphatic carbocycles. The highest BCUT2D eigenvalue weighted by atomic mass is 15.2. The Kier molecular flexibility index (Phi) is 9.25. The van der Waals surface area contributed by atoms with Crippen LogP contribution in [0.2, 0.25) is 0 Å². The molecular weight excluding hydrogens is 809 g/mol. The summed E-state index contributed by atoms with van der Waals surface area (Å²) in [6.45, 7) is 14.3. The van der Waals surface area contributed by atoms with Gasteiger partial charge in [-0.1, -0.05) is 187 Å². The molecule has 3 aliphatic rings. The maximum Gasteiger partial charge on any atom is 0.0506 e. The lowest BCUT2D eigenvalue weighted by molar-refractivity contribution is 0.627. The van der Waals surface area contributed by atoms with Crippen LogP contribution in [0.1, 0.15) is 86.1 Å². The second-order valence-electron chi connectivity index (χ2n) is 20.2. The molecule has 0 amide bonds. The predicted octanol–water partition coefficient (Wildman–Crippen LogP) is 17.7. The molecule has 9 aromatic carbocycles. The topological polar surface area (TPSA) is 6.48 Å². The van der Waals surface area contributed by atoms with Gasteiger partial charge in [0.25, 0.3) is 0 Å². The first-order chi connectivity index (χ1) is 32.5. The molecular formula is C65H54N2. The SMILES string of the molecule is CC1(C)c2cc(/C=C/c3ccc(-c4ccc5c(c4)C(C)(C)c4cc6c(cc4-5)C(C)(C)c4ccccc4N6c4ccccc4)cc3)ccc2-c2ccc(N(c3ccccc3)c3ccccc3)cc21. The Labute approximate surface area is 396 Å². The number of rotatable bonds is 7. The average Bonchev–Trinajstić information content (AvgIpc) is 3.72. The van der Waals surface area contributed by atoms with Crippen molar-refractivity contribution in [3.8, 4) is 33.4 Å². The Morgan fingerprint density at radius 3 is 1.51 bits per heavy atom. The molecule has 67 heavy (non-hydrogen) atoms. The first-order valence-corrected chi connectivity index (χ1v) is 23.8. The van der Waals surface area contributed by atoms with Gasteiger partial charge in [-0.05, 0) is 151 Å². The summed E-state index contributed by atoms with van der Waals surface area (Å²) in [6.07, 6.45) is 4.51. The van der Waals surface area contributed by atoms with Crippen LogP contribution in [0.3, 0.4) is 0 Å². The van der Waals surface area contributed by atoms with E-state index in [1.54, 1.807) is 0 Å². The fourth-order valence-corrected chi connectivity index (χ4v) is 11.5. The second kappa shape index (κ2) is 15.2. The molecule has 9 aromatic rings. The standard InChI is InChI=1S/C65H54N2/c1-63(2)55-24-16-17-25-61(55)67(49-22-14-9-15-23-49)62-42-59-54(41-60(62)63)53-36-33-46(39-57(53)65(59,5)6)45-31-28-43(29-32-45)26-27-44-30-35-51-52-37-34-50(40-58(52)64(3,4)56(51)38-44)66(47-18-10-7-11-19-47)48-20-12-8-13-21-48/h7-42H,1-6H3/b27-26+. The van der Waals surface area contributed by atoms with E-state index in [1.807, 2.05) is 0 Å². The second-order valence-corrected chi connectivity index (χ2v) is 20.2. The van der Waals surface area contributed by atoms with Gasteiger partial charge in [0.05, 0.1) is 11.4 Å². The highest BCUT2D eigenvalue weighted by Crippen LogP contribution is 2.58. The number of nitrogens with zero attached hydrogens (tertiary/aromatic N) is 2. The molecule has 0 unspecified atom stereocenters. The maximum atomic E-state index is 2.51. The Morgan fingerprint density at radius 1 is 0.328 bits per heavy atom. The summed E-state index contributed by atoms with van der Waals surface area (Å²) in [5.74, 6) is 0. The number of hydrogen-bond acceptors (Lipinski definition) is 2. The van der Waals surface area contributed by atoms with Gasteiger partial charge in [-0.3, -0.25) is 0 Å². The van der Waals surface area contributed by atoms with E-state index in [-0.39, 0.29) is 16.2 Å². The number of benzene rings is 9. The van der Waals surface area contributed by atoms with E-state index in [0.29, 0.717) is 0 Å². The largest absolute Gasteiger partial charge is 0.310 e. The zero-order valence-corrected chi connectivity index (χ0v) is 39.2. The quantitative estimate of drug-likeness (QED) is 0.147. The Hall–Kier alpha value is -7.68. The summed E-state index contributed by atoms with van der Waals surface area (Å²) < 4.78 is 0. The van der Waals surface area contributed by atoms with Gasteiger partial charge in [0, 0.05) is 39.0 Å². The van der Waals surface area contributed by atoms with Crippen molar-refractivity contribution in [1.82, 2.24) is 0 Å². The highest BCUT2D eigenvalue weighted by Gasteiger charge is 2.42. The fraction of sp³-hybridized carbons (Fsp3) is 0.138. The zero-order valence-electron chi connectivity index (χ0n) is 39.2. The van der Waals surface area contributed by atoms with Crippen molar-refractivity contribution < 1.29 is 0 Å². The summed E-state index contributed by atoms with van der Waals surface area (Å²) in [6, 6.07) is 76.3. The molecule has 0 atom stereocenters. The van der Waals surface area contributed by atoms with Crippen molar-refractivity contribution in [2.45, 2.75) is 57.8 Å². The van der Waals surface area contributed by atoms with Gasteiger partial charge >= 0.3 is 0 Å². The molecule has 324 valence electrons. The lowest BCUT2D eigenvalue weighted by Gasteiger charge is -2.42. The molecule has 0 saturated heterocycles. The Bertz CT molecular complexity index is 3370. The van der Waals surface area contributed by atoms with Gasteiger partial charge in [0.2, 0.25) is 0 Å². The van der Waals surface area contributed by atoms with Crippen molar-refractivity contribution in [1.29, 1.82) is 0 Å². The van der Waals surface area contributed by atoms with Crippen LogP contribution in [-0.2, 0) is 16.2 Å². The molecule has 1 aliphatic heterocycles. The third-order valence-corrected chi connectivity index (χ3v) is 15.2. The number of anilines is 6. The van der Waals surface area contributed by atoms with Crippen LogP contribution >= 0.6 is 0 Å². The van der Waals surface area contributed by atoms with Crippen LogP contribution in [0, 0.1) is 0 Å². The fourth-order valence-electron chi connectivity index (χ4n) is 11.5. The van der Waals surface area contributed by atoms with Crippen molar-refractivity contribution in [3.63, 3.8) is 0 Å². The molecule has 0 radical (unpaired) electrons. The van der Waals surface area contributed by atoms with Crippen molar-refractivity contribution in [3.05, 3.63) is 251 Å². The smallest absolute Gasteiger partial charge is 0.0506 e. The minimum absolute atomic E-state index is 0.151. The van der Waals surface area contributed by atoms with Crippen molar-refractivity contribution in [2.75, 3.05) is 9.80 Å². The Morgan fingerprint density at radius 2 is 0.821 bits per heavy atom. The maximum absolute atomic E-state index is 2.51. The zero-order chi connectivity index (χ0) is 45.7. The van der Waals surface area contributed by atoms with Gasteiger partial charge in [0.15, 0.2) is 0 Å². The van der Waals surface area contributed by atoms with Crippen LogP contribution in [0.15, 0.2) is 206 Å². The Balaban J connectivity index is 0.816. The number of hydrogen-bond donors (Lipinski definition) is 0. The minimum Gasteiger partial charge on any atom is -0.310 e. The molecule has 1 heterocycles. The molecule has 0 bridgehead atoms. The van der Waals surface area contributed by atoms with Crippen LogP contribution in [0.5, 0.6) is 0 Å². The molecule has 12 rings (SSSR count). The lowest BCUT2D eigenvalue weighted by Crippen LogP contribution is -2.31. The predicted molar refractivity (Wildman–Crippen MR) is 284 cm³/mol. The van der Waals surface area contributed by atoms with Crippen LogP contribution in [0.25, 0.3) is 45.5 Å². The summed E-state index contributed by atoms with van der Waals surface area (Å²) in [5.41, 5.74) is 25.1. The van der Waals surface area contributed by atoms with E-state index in [4.69, 9.17) is 0 Å². The molecule has 0 aromatic heterocycles. The third-order valence-electron chi connectivity index (χ3n) is 15.2. The number of fused-ring (bicyclic) bond motifs is 8. The summed E-state index contributed by atoms with van der Waals surface area (Å²) >= 11 is 0. The normalized spacial score (nSPS) is 15.3. The summed E-state index contributed by atoms with van der Waals surface area (Å²) in [4.78, 5) is 4.83. The molecule has 0 N–H and O–H groups in total. The van der Waals surface area contributed by atoms with Crippen LogP contribution in [0.4, 0.5) is 34.1 Å². The van der Waals surface area contributed by atoms with Crippen LogP contribution in [-0.4, -0.2) is 0 Å². The molecule has 2 nitrogen and oxygen atoms in total. The molecule has 0 spiro atoms. The minimum atomic E-state index is -0.166. The van der Waals surface area contributed by atoms with Gasteiger partial charge in [-0.25, -0.2) is 0 Å². The van der Waals surface area contributed by atoms with E-state index in [1.165, 1.54) is 101 Å². The van der Waals surface area contributed by atoms with Crippen molar-refractivity contribution >= 4 is 46.3 Å². The van der Waals surface area contributed by atoms with Gasteiger partial charge in [-0.2, -0.15) is 0 Å². The summed E-state index contributed by atoms with van der Waals surface area (Å²) in [5, 5.41) is 0. The molecule has 0 fully saturated rings. The van der Waals surface area contributed by atoms with Crippen LogP contribution < -0.4 is 9.80 Å². The van der Waals surface area contributed by atoms with Gasteiger partial charge in [0.1, 0.15) is 0 Å². The molecule has 0 saturated carbocycles. The van der Waals surface area contributed by atoms with Crippen molar-refractivity contribution in [2.24, 2.45) is 0 Å². The lowest BCUT2D eigenvalue weighted by atomic mass is 9.72. The van der Waals surface area contributed by atoms with E-state index >= 15 is 0 Å². The van der Waals surface area contributed by atoms with E-state index in [0.717, 1.165) is 11.4 Å². The monoisotopic (exact) mass is 862 g/mol. The molecule has 2 heteroatoms. The van der Waals surface area contributed by atoms with E-state index in [9.17, 15) is 0 Å². The van der Waals surface area contributed by atoms with E-state index < -0.39 is 0 Å². The summed E-state index contributed by atoms with van der Waals surface area (Å²) in [7, 11) is 0. The van der Waals surface area contributed by atoms with E-state index in [2.05, 4.69) is 270 Å². The van der Waals surface area contributed by atoms with Gasteiger partial charge in [-0.15, -0.1) is 0 Å². The first-order valence-electron chi connectivity index (χ1n) is 23.8. The highest BCUT2D eigenvalue weighted by molar-refractivity contribution is 5.93. The first kappa shape index (κ1) is 40.8. The van der Waals surface area contributed by atoms with Gasteiger partial charge < -0.3 is 9.80 Å².